The summed E-state index contributed by atoms with van der Waals surface area (Å²) in [6, 6.07) is 13.0. The van der Waals surface area contributed by atoms with Gasteiger partial charge in [0.05, 0.1) is 28.4 Å². The Kier molecular flexibility index (Phi) is 11.8. The highest BCUT2D eigenvalue weighted by Gasteiger charge is 2.51. The molecule has 0 bridgehead atoms. The molecule has 1 atom stereocenters. The number of esters is 2. The molecular weight excluding hydrogens is 788 g/mol. The van der Waals surface area contributed by atoms with E-state index in [4.69, 9.17) is 42.1 Å². The predicted octanol–water partition coefficient (Wildman–Crippen LogP) is 7.95. The number of carbonyl (C=O) groups excluding carboxylic acids is 3. The molecule has 58 heavy (non-hydrogen) atoms. The van der Waals surface area contributed by atoms with E-state index in [2.05, 4.69) is 20.5 Å². The van der Waals surface area contributed by atoms with Gasteiger partial charge in [0.1, 0.15) is 28.2 Å². The van der Waals surface area contributed by atoms with Crippen LogP contribution in [0.3, 0.4) is 0 Å². The molecule has 2 aliphatic carbocycles. The van der Waals surface area contributed by atoms with Crippen molar-refractivity contribution in [3.8, 4) is 22.6 Å². The third-order valence-electron chi connectivity index (χ3n) is 10.9. The summed E-state index contributed by atoms with van der Waals surface area (Å²) in [5.74, 6) is -1.47. The van der Waals surface area contributed by atoms with Crippen LogP contribution in [0.15, 0.2) is 42.5 Å². The van der Waals surface area contributed by atoms with Gasteiger partial charge in [-0.1, -0.05) is 53.5 Å². The molecule has 2 N–H and O–H groups in total. The van der Waals surface area contributed by atoms with Gasteiger partial charge in [0.15, 0.2) is 11.6 Å². The lowest BCUT2D eigenvalue weighted by Gasteiger charge is -2.22. The van der Waals surface area contributed by atoms with Crippen LogP contribution in [-0.4, -0.2) is 64.8 Å². The summed E-state index contributed by atoms with van der Waals surface area (Å²) in [6.45, 7) is 8.14. The molecule has 1 fully saturated rings. The maximum absolute atomic E-state index is 16.1. The van der Waals surface area contributed by atoms with Gasteiger partial charge in [-0.2, -0.15) is 0 Å². The standard InChI is InChI=1S/C43H48Cl2FN5O7/c1-7-55-33-20-34(36(45)37(46)28(33)21-47-43(17-18-43)41(54)57-23-56-40(53)42(2,3)4)58-32-15-14-25-24(10-8-11-26(25)32)27-12-9-13-29(35(27)44)49-39(52)38-48-30-22-50(5)19-16-31(30)51(38)6/h8-13,20,32,47H,7,14-19,21-23H2,1-6H3,(H,49,52). The number of hydrogen-bond donors (Lipinski definition) is 2. The first-order valence-corrected chi connectivity index (χ1v) is 20.2. The number of carbonyl (C=O) groups is 3. The molecule has 1 aromatic heterocycles. The molecular formula is C43H48Cl2FN5O7. The number of imidazole rings is 1. The number of benzene rings is 3. The summed E-state index contributed by atoms with van der Waals surface area (Å²) in [7, 11) is 3.90. The highest BCUT2D eigenvalue weighted by Crippen LogP contribution is 2.46. The topological polar surface area (TPSA) is 133 Å². The van der Waals surface area contributed by atoms with Gasteiger partial charge in [-0.3, -0.25) is 14.9 Å². The summed E-state index contributed by atoms with van der Waals surface area (Å²) >= 11 is 13.7. The molecule has 7 rings (SSSR count). The highest BCUT2D eigenvalue weighted by atomic mass is 35.5. The van der Waals surface area contributed by atoms with Crippen LogP contribution in [0.5, 0.6) is 11.5 Å². The van der Waals surface area contributed by atoms with Gasteiger partial charge in [-0.25, -0.2) is 14.2 Å². The lowest BCUT2D eigenvalue weighted by Crippen LogP contribution is -2.41. The van der Waals surface area contributed by atoms with Gasteiger partial charge >= 0.3 is 11.9 Å². The Morgan fingerprint density at radius 3 is 2.47 bits per heavy atom. The summed E-state index contributed by atoms with van der Waals surface area (Å²) < 4.78 is 40.6. The molecule has 12 nitrogen and oxygen atoms in total. The van der Waals surface area contributed by atoms with Crippen molar-refractivity contribution in [3.05, 3.63) is 92.2 Å². The number of fused-ring (bicyclic) bond motifs is 2. The maximum Gasteiger partial charge on any atom is 0.329 e. The molecule has 3 aliphatic rings. The molecule has 0 radical (unpaired) electrons. The van der Waals surface area contributed by atoms with Gasteiger partial charge in [0.25, 0.3) is 5.91 Å². The van der Waals surface area contributed by atoms with E-state index < -0.39 is 41.6 Å². The van der Waals surface area contributed by atoms with Crippen LogP contribution in [0.25, 0.3) is 11.1 Å². The number of rotatable bonds is 13. The SMILES string of the molecule is CCOc1cc(OC2CCc3c(-c4cccc(NC(=O)c5nc6c(n5C)CCN(C)C6)c4Cl)cccc32)c(Cl)c(F)c1CNC1(C(=O)OCOC(=O)C(C)(C)C)CC1. The van der Waals surface area contributed by atoms with Crippen LogP contribution < -0.4 is 20.1 Å². The number of amides is 1. The summed E-state index contributed by atoms with van der Waals surface area (Å²) in [4.78, 5) is 45.3. The minimum absolute atomic E-state index is 0.0741. The molecule has 1 amide bonds. The number of hydrogen-bond acceptors (Lipinski definition) is 10. The first-order valence-electron chi connectivity index (χ1n) is 19.5. The number of likely N-dealkylation sites (N-methyl/N-ethyl adjacent to an activating group) is 1. The van der Waals surface area contributed by atoms with Crippen LogP contribution in [-0.2, 0) is 52.0 Å². The Morgan fingerprint density at radius 2 is 1.74 bits per heavy atom. The van der Waals surface area contributed by atoms with E-state index in [1.54, 1.807) is 39.8 Å². The van der Waals surface area contributed by atoms with E-state index in [1.807, 2.05) is 49.0 Å². The molecule has 0 spiro atoms. The molecule has 2 heterocycles. The van der Waals surface area contributed by atoms with Crippen molar-refractivity contribution in [2.75, 3.05) is 32.3 Å². The first kappa shape index (κ1) is 41.5. The van der Waals surface area contributed by atoms with Crippen molar-refractivity contribution < 1.29 is 37.7 Å². The Morgan fingerprint density at radius 1 is 1.00 bits per heavy atom. The van der Waals surface area contributed by atoms with E-state index in [0.29, 0.717) is 48.8 Å². The van der Waals surface area contributed by atoms with Gasteiger partial charge in [-0.15, -0.1) is 0 Å². The second-order valence-electron chi connectivity index (χ2n) is 16.1. The van der Waals surface area contributed by atoms with Crippen molar-refractivity contribution in [1.29, 1.82) is 0 Å². The van der Waals surface area contributed by atoms with E-state index in [9.17, 15) is 14.4 Å². The normalized spacial score (nSPS) is 16.9. The van der Waals surface area contributed by atoms with Gasteiger partial charge in [0.2, 0.25) is 6.79 Å². The minimum Gasteiger partial charge on any atom is -0.493 e. The lowest BCUT2D eigenvalue weighted by molar-refractivity contribution is -0.175. The van der Waals surface area contributed by atoms with Crippen molar-refractivity contribution in [2.45, 2.75) is 84.5 Å². The first-order chi connectivity index (χ1) is 27.6. The second kappa shape index (κ2) is 16.5. The van der Waals surface area contributed by atoms with Crippen LogP contribution in [0, 0.1) is 11.2 Å². The number of ether oxygens (including phenoxy) is 4. The molecule has 0 saturated heterocycles. The average Bonchev–Trinajstić information content (AvgIpc) is 3.76. The van der Waals surface area contributed by atoms with Crippen molar-refractivity contribution in [2.24, 2.45) is 12.5 Å². The number of anilines is 1. The van der Waals surface area contributed by atoms with E-state index in [-0.39, 0.29) is 41.1 Å². The lowest BCUT2D eigenvalue weighted by atomic mass is 9.96. The van der Waals surface area contributed by atoms with Gasteiger partial charge < -0.3 is 33.7 Å². The van der Waals surface area contributed by atoms with Crippen LogP contribution in [0.4, 0.5) is 10.1 Å². The number of halogens is 3. The zero-order chi connectivity index (χ0) is 41.5. The fourth-order valence-electron chi connectivity index (χ4n) is 7.50. The summed E-state index contributed by atoms with van der Waals surface area (Å²) in [6.07, 6.45) is 2.57. The molecule has 308 valence electrons. The predicted molar refractivity (Wildman–Crippen MR) is 218 cm³/mol. The number of nitrogens with one attached hydrogen (secondary N) is 2. The second-order valence-corrected chi connectivity index (χ2v) is 16.9. The van der Waals surface area contributed by atoms with Gasteiger partial charge in [0, 0.05) is 56.0 Å². The number of aromatic nitrogens is 2. The third kappa shape index (κ3) is 8.27. The zero-order valence-electron chi connectivity index (χ0n) is 33.5. The average molecular weight is 837 g/mol. The summed E-state index contributed by atoms with van der Waals surface area (Å²) in [5, 5.41) is 6.29. The largest absolute Gasteiger partial charge is 0.493 e. The van der Waals surface area contributed by atoms with Crippen LogP contribution in [0.1, 0.15) is 91.8 Å². The molecule has 1 saturated carbocycles. The summed E-state index contributed by atoms with van der Waals surface area (Å²) in [5.41, 5.74) is 4.38. The minimum atomic E-state index is -1.04. The van der Waals surface area contributed by atoms with E-state index >= 15 is 4.39 Å². The smallest absolute Gasteiger partial charge is 0.329 e. The van der Waals surface area contributed by atoms with Crippen molar-refractivity contribution >= 4 is 46.7 Å². The number of nitrogens with zero attached hydrogens (tertiary/aromatic N) is 3. The monoisotopic (exact) mass is 835 g/mol. The molecule has 1 unspecified atom stereocenters. The van der Waals surface area contributed by atoms with Crippen molar-refractivity contribution in [1.82, 2.24) is 19.8 Å². The van der Waals surface area contributed by atoms with Crippen molar-refractivity contribution in [3.63, 3.8) is 0 Å². The maximum atomic E-state index is 16.1. The fraction of sp³-hybridized carbons (Fsp3) is 0.442. The third-order valence-corrected chi connectivity index (χ3v) is 11.7. The van der Waals surface area contributed by atoms with Crippen LogP contribution in [0.2, 0.25) is 10.0 Å². The van der Waals surface area contributed by atoms with Gasteiger partial charge in [-0.05, 0) is 83.2 Å². The Balaban J connectivity index is 1.06. The molecule has 3 aromatic carbocycles. The van der Waals surface area contributed by atoms with E-state index in [0.717, 1.165) is 46.6 Å². The zero-order valence-corrected chi connectivity index (χ0v) is 35.0. The Hall–Kier alpha value is -4.69. The molecule has 4 aromatic rings. The Labute approximate surface area is 347 Å². The van der Waals surface area contributed by atoms with Crippen LogP contribution >= 0.6 is 23.2 Å². The molecule has 15 heteroatoms. The fourth-order valence-corrected chi connectivity index (χ4v) is 7.99. The quantitative estimate of drug-likeness (QED) is 0.101. The molecule has 1 aliphatic heterocycles. The van der Waals surface area contributed by atoms with E-state index in [1.165, 1.54) is 0 Å². The Bertz CT molecular complexity index is 2270. The highest BCUT2D eigenvalue weighted by molar-refractivity contribution is 6.36.